The summed E-state index contributed by atoms with van der Waals surface area (Å²) in [4.78, 5) is 0. The molecule has 0 N–H and O–H groups in total. The fourth-order valence-corrected chi connectivity index (χ4v) is 12.6. The van der Waals surface area contributed by atoms with E-state index in [9.17, 15) is 0 Å². The second kappa shape index (κ2) is 15.8. The molecule has 0 heterocycles. The molecule has 3 aliphatic rings. The molecule has 0 fully saturated rings. The van der Waals surface area contributed by atoms with Gasteiger partial charge in [0.05, 0.1) is 5.41 Å². The lowest BCUT2D eigenvalue weighted by Gasteiger charge is -2.36. The van der Waals surface area contributed by atoms with Gasteiger partial charge < -0.3 is 0 Å². The predicted octanol–water partition coefficient (Wildman–Crippen LogP) is 17.4. The van der Waals surface area contributed by atoms with Crippen molar-refractivity contribution in [3.8, 4) is 66.8 Å². The molecule has 11 aromatic rings. The standard InChI is InChI=1S/C69H46/c1-5-18-45(19-6-1)47-32-34-48(35-33-47)65-57-30-14-13-28-55(57)62-43-50(36-38-58(62)65)51-37-39-59-63(44-51)60-40-41-61-56-29-15-16-31-64(56)69(53-24-9-3-10-25-53,54-26-11-4-12-27-54)68(61)67(60)66(59)52-23-17-22-49(42-52)46-20-7-2-8-21-46/h1-44,65-66H. The molecule has 2 atom stereocenters. The lowest BCUT2D eigenvalue weighted by Crippen LogP contribution is -2.30. The topological polar surface area (TPSA) is 0 Å². The summed E-state index contributed by atoms with van der Waals surface area (Å²) < 4.78 is 0. The number of hydrogen-bond acceptors (Lipinski definition) is 0. The van der Waals surface area contributed by atoms with Crippen molar-refractivity contribution in [1.29, 1.82) is 0 Å². The average molecular weight is 875 g/mol. The Morgan fingerprint density at radius 3 is 1.38 bits per heavy atom. The highest BCUT2D eigenvalue weighted by Crippen LogP contribution is 2.63. The monoisotopic (exact) mass is 874 g/mol. The van der Waals surface area contributed by atoms with Gasteiger partial charge in [-0.25, -0.2) is 0 Å². The van der Waals surface area contributed by atoms with E-state index in [1.807, 2.05) is 0 Å². The molecule has 0 heteroatoms. The highest BCUT2D eigenvalue weighted by atomic mass is 14.5. The fraction of sp³-hybridized carbons (Fsp3) is 0.0435. The van der Waals surface area contributed by atoms with Crippen LogP contribution in [0.25, 0.3) is 66.8 Å². The summed E-state index contributed by atoms with van der Waals surface area (Å²) in [6.45, 7) is 0. The lowest BCUT2D eigenvalue weighted by molar-refractivity contribution is 0.752. The van der Waals surface area contributed by atoms with E-state index in [-0.39, 0.29) is 11.8 Å². The van der Waals surface area contributed by atoms with Crippen LogP contribution in [0.15, 0.2) is 267 Å². The molecule has 0 saturated carbocycles. The van der Waals surface area contributed by atoms with Gasteiger partial charge in [0.1, 0.15) is 0 Å². The third-order valence-electron chi connectivity index (χ3n) is 15.5. The average Bonchev–Trinajstić information content (AvgIpc) is 4.06. The normalized spacial score (nSPS) is 15.4. The Balaban J connectivity index is 0.966. The van der Waals surface area contributed by atoms with Crippen LogP contribution in [0.3, 0.4) is 0 Å². The molecule has 0 nitrogen and oxygen atoms in total. The van der Waals surface area contributed by atoms with E-state index in [4.69, 9.17) is 0 Å². The quantitative estimate of drug-likeness (QED) is 0.150. The van der Waals surface area contributed by atoms with Crippen molar-refractivity contribution in [3.05, 3.63) is 323 Å². The van der Waals surface area contributed by atoms with Crippen LogP contribution >= 0.6 is 0 Å². The van der Waals surface area contributed by atoms with Crippen molar-refractivity contribution < 1.29 is 0 Å². The van der Waals surface area contributed by atoms with Gasteiger partial charge in [0, 0.05) is 11.8 Å². The zero-order chi connectivity index (χ0) is 45.5. The molecule has 0 saturated heterocycles. The third-order valence-corrected chi connectivity index (χ3v) is 15.5. The predicted molar refractivity (Wildman–Crippen MR) is 286 cm³/mol. The van der Waals surface area contributed by atoms with Crippen LogP contribution in [-0.2, 0) is 5.41 Å². The molecule has 69 heavy (non-hydrogen) atoms. The maximum atomic E-state index is 2.50. The first kappa shape index (κ1) is 39.6. The van der Waals surface area contributed by atoms with E-state index in [0.717, 1.165) is 0 Å². The Bertz CT molecular complexity index is 3710. The highest BCUT2D eigenvalue weighted by molar-refractivity contribution is 5.96. The molecule has 3 aliphatic carbocycles. The first-order valence-corrected chi connectivity index (χ1v) is 24.3. The summed E-state index contributed by atoms with van der Waals surface area (Å²) in [6.07, 6.45) is 0. The lowest BCUT2D eigenvalue weighted by atomic mass is 9.65. The molecular weight excluding hydrogens is 829 g/mol. The van der Waals surface area contributed by atoms with Crippen LogP contribution in [0.4, 0.5) is 0 Å². The maximum absolute atomic E-state index is 2.50. The van der Waals surface area contributed by atoms with Crippen molar-refractivity contribution in [1.82, 2.24) is 0 Å². The van der Waals surface area contributed by atoms with Gasteiger partial charge in [-0.2, -0.15) is 0 Å². The Morgan fingerprint density at radius 1 is 0.246 bits per heavy atom. The second-order valence-electron chi connectivity index (χ2n) is 19.0. The SMILES string of the molecule is c1ccc(-c2ccc(C3c4ccccc4-c4cc(-c5ccc6c(c5)-c5ccc7c(c5C6c5cccc(-c6ccccc6)c5)C(c5ccccc5)(c5ccccc5)c5ccccc5-7)ccc43)cc2)cc1. The van der Waals surface area contributed by atoms with Gasteiger partial charge in [-0.3, -0.25) is 0 Å². The van der Waals surface area contributed by atoms with Crippen LogP contribution < -0.4 is 0 Å². The molecule has 0 aromatic heterocycles. The molecule has 0 amide bonds. The fourth-order valence-electron chi connectivity index (χ4n) is 12.6. The summed E-state index contributed by atoms with van der Waals surface area (Å²) in [5.41, 5.74) is 28.2. The Kier molecular flexibility index (Phi) is 9.04. The number of hydrogen-bond donors (Lipinski definition) is 0. The summed E-state index contributed by atoms with van der Waals surface area (Å²) in [6, 6.07) is 100. The summed E-state index contributed by atoms with van der Waals surface area (Å²) >= 11 is 0. The molecule has 0 spiro atoms. The van der Waals surface area contributed by atoms with E-state index in [0.29, 0.717) is 0 Å². The minimum Gasteiger partial charge on any atom is -0.0622 e. The van der Waals surface area contributed by atoms with Crippen LogP contribution in [0.5, 0.6) is 0 Å². The van der Waals surface area contributed by atoms with Gasteiger partial charge in [-0.05, 0) is 135 Å². The van der Waals surface area contributed by atoms with Crippen molar-refractivity contribution in [2.45, 2.75) is 17.3 Å². The summed E-state index contributed by atoms with van der Waals surface area (Å²) in [5, 5.41) is 0. The number of fused-ring (bicyclic) bond motifs is 10. The van der Waals surface area contributed by atoms with Crippen LogP contribution in [0.2, 0.25) is 0 Å². The second-order valence-corrected chi connectivity index (χ2v) is 19.0. The molecule has 2 unspecified atom stereocenters. The molecule has 14 rings (SSSR count). The van der Waals surface area contributed by atoms with Gasteiger partial charge in [0.15, 0.2) is 0 Å². The van der Waals surface area contributed by atoms with Gasteiger partial charge in [0.25, 0.3) is 0 Å². The van der Waals surface area contributed by atoms with E-state index in [2.05, 4.69) is 267 Å². The molecule has 322 valence electrons. The molecular formula is C69H46. The van der Waals surface area contributed by atoms with Crippen LogP contribution in [0.1, 0.15) is 67.5 Å². The molecule has 11 aromatic carbocycles. The minimum atomic E-state index is -0.536. The Hall–Kier alpha value is -8.58. The first-order chi connectivity index (χ1) is 34.2. The van der Waals surface area contributed by atoms with Crippen molar-refractivity contribution in [2.75, 3.05) is 0 Å². The smallest absolute Gasteiger partial charge is 0.0622 e. The van der Waals surface area contributed by atoms with Gasteiger partial charge in [-0.15, -0.1) is 0 Å². The Labute approximate surface area is 404 Å². The van der Waals surface area contributed by atoms with Crippen molar-refractivity contribution in [3.63, 3.8) is 0 Å². The first-order valence-electron chi connectivity index (χ1n) is 24.3. The van der Waals surface area contributed by atoms with Crippen molar-refractivity contribution in [2.24, 2.45) is 0 Å². The van der Waals surface area contributed by atoms with E-state index in [1.165, 1.54) is 122 Å². The summed E-state index contributed by atoms with van der Waals surface area (Å²) in [7, 11) is 0. The molecule has 0 radical (unpaired) electrons. The Morgan fingerprint density at radius 2 is 0.710 bits per heavy atom. The summed E-state index contributed by atoms with van der Waals surface area (Å²) in [5.74, 6) is 0.180. The van der Waals surface area contributed by atoms with E-state index < -0.39 is 5.41 Å². The zero-order valence-corrected chi connectivity index (χ0v) is 38.1. The molecule has 0 bridgehead atoms. The van der Waals surface area contributed by atoms with Gasteiger partial charge >= 0.3 is 0 Å². The van der Waals surface area contributed by atoms with Crippen molar-refractivity contribution >= 4 is 0 Å². The van der Waals surface area contributed by atoms with E-state index >= 15 is 0 Å². The molecule has 0 aliphatic heterocycles. The minimum absolute atomic E-state index is 0.00436. The third kappa shape index (κ3) is 6.02. The zero-order valence-electron chi connectivity index (χ0n) is 38.1. The number of benzene rings is 11. The van der Waals surface area contributed by atoms with Crippen LogP contribution in [-0.4, -0.2) is 0 Å². The highest BCUT2D eigenvalue weighted by Gasteiger charge is 2.50. The number of rotatable bonds is 7. The van der Waals surface area contributed by atoms with Gasteiger partial charge in [-0.1, -0.05) is 255 Å². The van der Waals surface area contributed by atoms with E-state index in [1.54, 1.807) is 0 Å². The maximum Gasteiger partial charge on any atom is 0.0716 e. The largest absolute Gasteiger partial charge is 0.0716 e. The van der Waals surface area contributed by atoms with Crippen LogP contribution in [0, 0.1) is 0 Å². The van der Waals surface area contributed by atoms with Gasteiger partial charge in [0.2, 0.25) is 0 Å².